The molecule has 0 aromatic heterocycles. The van der Waals surface area contributed by atoms with Gasteiger partial charge in [-0.1, -0.05) is 5.92 Å². The van der Waals surface area contributed by atoms with E-state index in [4.69, 9.17) is 34.8 Å². The van der Waals surface area contributed by atoms with Crippen LogP contribution in [0.5, 0.6) is 0 Å². The fraction of sp³-hybridized carbons (Fsp3) is 0.812. The molecule has 0 atom stereocenters. The maximum absolute atomic E-state index is 10.7. The zero-order valence-corrected chi connectivity index (χ0v) is 14.3. The lowest BCUT2D eigenvalue weighted by Crippen LogP contribution is -2.15. The van der Waals surface area contributed by atoms with Crippen molar-refractivity contribution in [1.82, 2.24) is 0 Å². The SMILES string of the molecule is C#CCOCCOCCOCCOCCOCCOCC(=O)OC. The molecule has 0 aromatic rings. The Labute approximate surface area is 143 Å². The number of esters is 1. The van der Waals surface area contributed by atoms with E-state index in [2.05, 4.69) is 10.7 Å². The van der Waals surface area contributed by atoms with Crippen LogP contribution in [0.15, 0.2) is 0 Å². The molecule has 140 valence electrons. The number of carbonyl (C=O) groups is 1. The Morgan fingerprint density at radius 1 is 0.708 bits per heavy atom. The van der Waals surface area contributed by atoms with Crippen LogP contribution in [0.3, 0.4) is 0 Å². The first-order valence-corrected chi connectivity index (χ1v) is 7.78. The van der Waals surface area contributed by atoms with E-state index in [1.54, 1.807) is 0 Å². The second-order valence-electron chi connectivity index (χ2n) is 4.33. The first-order chi connectivity index (χ1) is 11.8. The normalized spacial score (nSPS) is 10.5. The quantitative estimate of drug-likeness (QED) is 0.193. The van der Waals surface area contributed by atoms with E-state index >= 15 is 0 Å². The van der Waals surface area contributed by atoms with Crippen molar-refractivity contribution in [3.05, 3.63) is 0 Å². The van der Waals surface area contributed by atoms with Crippen molar-refractivity contribution in [2.45, 2.75) is 0 Å². The zero-order valence-electron chi connectivity index (χ0n) is 14.3. The largest absolute Gasteiger partial charge is 0.467 e. The first-order valence-electron chi connectivity index (χ1n) is 7.78. The lowest BCUT2D eigenvalue weighted by Gasteiger charge is -2.07. The summed E-state index contributed by atoms with van der Waals surface area (Å²) in [7, 11) is 1.31. The Hall–Kier alpha value is -1.21. The molecule has 0 spiro atoms. The molecule has 0 radical (unpaired) electrons. The molecule has 0 rings (SSSR count). The van der Waals surface area contributed by atoms with Crippen LogP contribution in [0.25, 0.3) is 0 Å². The van der Waals surface area contributed by atoms with Gasteiger partial charge in [-0.3, -0.25) is 0 Å². The lowest BCUT2D eigenvalue weighted by molar-refractivity contribution is -0.146. The molecule has 0 saturated carbocycles. The summed E-state index contributed by atoms with van der Waals surface area (Å²) in [6.07, 6.45) is 5.03. The molecule has 0 N–H and O–H groups in total. The molecule has 0 unspecified atom stereocenters. The second kappa shape index (κ2) is 19.8. The van der Waals surface area contributed by atoms with Gasteiger partial charge >= 0.3 is 5.97 Å². The maximum atomic E-state index is 10.7. The van der Waals surface area contributed by atoms with Gasteiger partial charge in [0.2, 0.25) is 0 Å². The topological polar surface area (TPSA) is 81.7 Å². The number of carbonyl (C=O) groups excluding carboxylic acids is 1. The van der Waals surface area contributed by atoms with E-state index in [0.717, 1.165) is 0 Å². The van der Waals surface area contributed by atoms with Crippen molar-refractivity contribution < 1.29 is 38.0 Å². The molecule has 8 nitrogen and oxygen atoms in total. The molecule has 0 fully saturated rings. The Kier molecular flexibility index (Phi) is 18.8. The predicted molar refractivity (Wildman–Crippen MR) is 85.8 cm³/mol. The van der Waals surface area contributed by atoms with Gasteiger partial charge in [-0.05, 0) is 0 Å². The molecule has 24 heavy (non-hydrogen) atoms. The standard InChI is InChI=1S/C16H28O8/c1-3-4-19-5-6-20-7-8-21-9-10-22-11-12-23-13-14-24-15-16(17)18-2/h1H,4-15H2,2H3. The molecular formula is C16H28O8. The molecule has 8 heteroatoms. The van der Waals surface area contributed by atoms with Crippen molar-refractivity contribution in [2.75, 3.05) is 86.4 Å². The lowest BCUT2D eigenvalue weighted by atomic mass is 10.6. The van der Waals surface area contributed by atoms with Crippen molar-refractivity contribution in [1.29, 1.82) is 0 Å². The molecular weight excluding hydrogens is 320 g/mol. The van der Waals surface area contributed by atoms with Crippen molar-refractivity contribution >= 4 is 5.97 Å². The smallest absolute Gasteiger partial charge is 0.331 e. The highest BCUT2D eigenvalue weighted by molar-refractivity contribution is 5.70. The van der Waals surface area contributed by atoms with Crippen molar-refractivity contribution in [3.8, 4) is 12.3 Å². The Morgan fingerprint density at radius 3 is 1.46 bits per heavy atom. The molecule has 0 saturated heterocycles. The van der Waals surface area contributed by atoms with E-state index < -0.39 is 5.97 Å². The second-order valence-corrected chi connectivity index (χ2v) is 4.33. The average molecular weight is 348 g/mol. The van der Waals surface area contributed by atoms with Gasteiger partial charge < -0.3 is 33.2 Å². The minimum absolute atomic E-state index is 0.0602. The summed E-state index contributed by atoms with van der Waals surface area (Å²) >= 11 is 0. The van der Waals surface area contributed by atoms with Gasteiger partial charge in [0.1, 0.15) is 13.2 Å². The van der Waals surface area contributed by atoms with Gasteiger partial charge in [-0.2, -0.15) is 0 Å². The van der Waals surface area contributed by atoms with Crippen molar-refractivity contribution in [2.24, 2.45) is 0 Å². The van der Waals surface area contributed by atoms with Crippen LogP contribution in [0.1, 0.15) is 0 Å². The zero-order chi connectivity index (χ0) is 17.7. The minimum atomic E-state index is -0.402. The van der Waals surface area contributed by atoms with Crippen molar-refractivity contribution in [3.63, 3.8) is 0 Å². The fourth-order valence-electron chi connectivity index (χ4n) is 1.34. The number of methoxy groups -OCH3 is 1. The molecule has 0 aromatic carbocycles. The summed E-state index contributed by atoms with van der Waals surface area (Å²) in [4.78, 5) is 10.7. The highest BCUT2D eigenvalue weighted by atomic mass is 16.6. The Bertz CT molecular complexity index is 316. The minimum Gasteiger partial charge on any atom is -0.467 e. The fourth-order valence-corrected chi connectivity index (χ4v) is 1.34. The van der Waals surface area contributed by atoms with Gasteiger partial charge in [0.25, 0.3) is 0 Å². The van der Waals surface area contributed by atoms with Gasteiger partial charge in [-0.15, -0.1) is 6.42 Å². The molecule has 0 amide bonds. The summed E-state index contributed by atoms with van der Waals surface area (Å²) < 4.78 is 35.7. The van der Waals surface area contributed by atoms with Crippen LogP contribution < -0.4 is 0 Å². The van der Waals surface area contributed by atoms with Gasteiger partial charge in [0.15, 0.2) is 0 Å². The van der Waals surface area contributed by atoms with Crippen LogP contribution in [0.2, 0.25) is 0 Å². The predicted octanol–water partition coefficient (Wildman–Crippen LogP) is -0.108. The summed E-state index contributed by atoms with van der Waals surface area (Å²) in [6.45, 7) is 4.92. The summed E-state index contributed by atoms with van der Waals surface area (Å²) in [5, 5.41) is 0. The summed E-state index contributed by atoms with van der Waals surface area (Å²) in [5.41, 5.74) is 0. The third-order valence-electron chi connectivity index (χ3n) is 2.49. The number of hydrogen-bond acceptors (Lipinski definition) is 8. The monoisotopic (exact) mass is 348 g/mol. The number of rotatable bonds is 18. The summed E-state index contributed by atoms with van der Waals surface area (Å²) in [5.74, 6) is 1.98. The highest BCUT2D eigenvalue weighted by Gasteiger charge is 1.98. The van der Waals surface area contributed by atoms with Crippen LogP contribution >= 0.6 is 0 Å². The van der Waals surface area contributed by atoms with E-state index in [9.17, 15) is 4.79 Å². The molecule has 0 heterocycles. The number of terminal acetylenes is 1. The van der Waals surface area contributed by atoms with Crippen LogP contribution in [-0.4, -0.2) is 92.4 Å². The molecule has 0 aliphatic rings. The van der Waals surface area contributed by atoms with Crippen LogP contribution in [-0.2, 0) is 38.0 Å². The van der Waals surface area contributed by atoms with Gasteiger partial charge in [0.05, 0.1) is 73.2 Å². The maximum Gasteiger partial charge on any atom is 0.331 e. The Morgan fingerprint density at radius 2 is 1.08 bits per heavy atom. The van der Waals surface area contributed by atoms with E-state index in [0.29, 0.717) is 72.7 Å². The number of ether oxygens (including phenoxy) is 7. The van der Waals surface area contributed by atoms with E-state index in [1.165, 1.54) is 7.11 Å². The average Bonchev–Trinajstić information content (AvgIpc) is 2.60. The molecule has 0 aliphatic heterocycles. The van der Waals surface area contributed by atoms with Crippen LogP contribution in [0, 0.1) is 12.3 Å². The highest BCUT2D eigenvalue weighted by Crippen LogP contribution is 1.85. The Balaban J connectivity index is 3.00. The molecule has 0 aliphatic carbocycles. The van der Waals surface area contributed by atoms with Gasteiger partial charge in [0, 0.05) is 0 Å². The third kappa shape index (κ3) is 18.8. The van der Waals surface area contributed by atoms with E-state index in [-0.39, 0.29) is 6.61 Å². The third-order valence-corrected chi connectivity index (χ3v) is 2.49. The number of hydrogen-bond donors (Lipinski definition) is 0. The summed E-state index contributed by atoms with van der Waals surface area (Å²) in [6, 6.07) is 0. The first kappa shape index (κ1) is 22.8. The van der Waals surface area contributed by atoms with E-state index in [1.807, 2.05) is 0 Å². The van der Waals surface area contributed by atoms with Crippen LogP contribution in [0.4, 0.5) is 0 Å². The molecule has 0 bridgehead atoms. The van der Waals surface area contributed by atoms with Gasteiger partial charge in [-0.25, -0.2) is 4.79 Å².